The van der Waals surface area contributed by atoms with Crippen LogP contribution in [0.2, 0.25) is 4.34 Å². The Morgan fingerprint density at radius 3 is 2.72 bits per heavy atom. The van der Waals surface area contributed by atoms with Gasteiger partial charge in [-0.05, 0) is 30.2 Å². The minimum Gasteiger partial charge on any atom is -0.271 e. The van der Waals surface area contributed by atoms with Gasteiger partial charge in [-0.3, -0.25) is 16.3 Å². The number of halogens is 1. The van der Waals surface area contributed by atoms with Gasteiger partial charge in [-0.1, -0.05) is 24.6 Å². The van der Waals surface area contributed by atoms with Crippen LogP contribution in [0.25, 0.3) is 0 Å². The highest BCUT2D eigenvalue weighted by atomic mass is 35.5. The van der Waals surface area contributed by atoms with Crippen LogP contribution in [0.3, 0.4) is 0 Å². The number of nitrogens with two attached hydrogens (primary N) is 1. The second-order valence-corrected chi connectivity index (χ2v) is 5.82. The Kier molecular flexibility index (Phi) is 4.72. The van der Waals surface area contributed by atoms with Gasteiger partial charge >= 0.3 is 0 Å². The molecule has 0 saturated carbocycles. The molecule has 1 unspecified atom stereocenters. The van der Waals surface area contributed by atoms with E-state index >= 15 is 0 Å². The lowest BCUT2D eigenvalue weighted by atomic mass is 10.1. The van der Waals surface area contributed by atoms with Gasteiger partial charge in [0.2, 0.25) is 0 Å². The Labute approximate surface area is 116 Å². The van der Waals surface area contributed by atoms with Crippen molar-refractivity contribution in [3.05, 3.63) is 50.9 Å². The van der Waals surface area contributed by atoms with E-state index in [2.05, 4.69) is 29.5 Å². The lowest BCUT2D eigenvalue weighted by Crippen LogP contribution is -2.29. The molecule has 2 aromatic heterocycles. The standard InChI is InChI=1S/C13H16ClN3S/c1-2-9-3-4-10(16-8-9)7-11(17-15)12-5-6-13(14)18-12/h3-6,8,11,17H,2,7,15H2,1H3. The van der Waals surface area contributed by atoms with Gasteiger partial charge in [0.25, 0.3) is 0 Å². The van der Waals surface area contributed by atoms with Crippen LogP contribution in [-0.4, -0.2) is 4.98 Å². The van der Waals surface area contributed by atoms with Crippen molar-refractivity contribution in [3.63, 3.8) is 0 Å². The molecule has 2 heterocycles. The summed E-state index contributed by atoms with van der Waals surface area (Å²) in [4.78, 5) is 5.57. The maximum Gasteiger partial charge on any atom is 0.0931 e. The van der Waals surface area contributed by atoms with E-state index in [9.17, 15) is 0 Å². The first kappa shape index (κ1) is 13.5. The zero-order valence-corrected chi connectivity index (χ0v) is 11.8. The molecule has 2 rings (SSSR count). The minimum atomic E-state index is 0.0578. The van der Waals surface area contributed by atoms with Gasteiger partial charge in [0.05, 0.1) is 10.4 Å². The number of nitrogens with zero attached hydrogens (tertiary/aromatic N) is 1. The highest BCUT2D eigenvalue weighted by Crippen LogP contribution is 2.28. The van der Waals surface area contributed by atoms with E-state index in [1.807, 2.05) is 18.3 Å². The first-order valence-electron chi connectivity index (χ1n) is 5.88. The number of thiophene rings is 1. The maximum atomic E-state index is 5.94. The summed E-state index contributed by atoms with van der Waals surface area (Å²) in [6, 6.07) is 8.11. The van der Waals surface area contributed by atoms with E-state index in [1.165, 1.54) is 5.56 Å². The summed E-state index contributed by atoms with van der Waals surface area (Å²) in [6.45, 7) is 2.12. The second kappa shape index (κ2) is 6.29. The molecule has 3 N–H and O–H groups in total. The predicted molar refractivity (Wildman–Crippen MR) is 76.7 cm³/mol. The van der Waals surface area contributed by atoms with Crippen molar-refractivity contribution in [2.45, 2.75) is 25.8 Å². The maximum absolute atomic E-state index is 5.94. The quantitative estimate of drug-likeness (QED) is 0.654. The smallest absolute Gasteiger partial charge is 0.0931 e. The Bertz CT molecular complexity index is 495. The third-order valence-corrected chi connectivity index (χ3v) is 4.19. The molecular weight excluding hydrogens is 266 g/mol. The van der Waals surface area contributed by atoms with Crippen LogP contribution in [0.1, 0.15) is 29.1 Å². The lowest BCUT2D eigenvalue weighted by Gasteiger charge is -2.13. The highest BCUT2D eigenvalue weighted by Gasteiger charge is 2.13. The van der Waals surface area contributed by atoms with Gasteiger partial charge in [-0.2, -0.15) is 0 Å². The summed E-state index contributed by atoms with van der Waals surface area (Å²) < 4.78 is 0.777. The Hall–Kier alpha value is -0.940. The molecule has 0 fully saturated rings. The van der Waals surface area contributed by atoms with Crippen LogP contribution in [-0.2, 0) is 12.8 Å². The molecule has 0 aliphatic rings. The average Bonchev–Trinajstić information content (AvgIpc) is 2.83. The number of hydrogen-bond donors (Lipinski definition) is 2. The molecule has 0 aliphatic carbocycles. The first-order valence-corrected chi connectivity index (χ1v) is 7.07. The van der Waals surface area contributed by atoms with Crippen LogP contribution < -0.4 is 11.3 Å². The molecule has 1 atom stereocenters. The number of pyridine rings is 1. The molecule has 0 bridgehead atoms. The number of aryl methyl sites for hydroxylation is 1. The molecule has 5 heteroatoms. The molecule has 18 heavy (non-hydrogen) atoms. The number of hydrogen-bond acceptors (Lipinski definition) is 4. The molecule has 0 aliphatic heterocycles. The van der Waals surface area contributed by atoms with E-state index in [1.54, 1.807) is 11.3 Å². The monoisotopic (exact) mass is 281 g/mol. The van der Waals surface area contributed by atoms with Gasteiger partial charge in [0.1, 0.15) is 0 Å². The second-order valence-electron chi connectivity index (χ2n) is 4.08. The fourth-order valence-corrected chi connectivity index (χ4v) is 2.87. The summed E-state index contributed by atoms with van der Waals surface area (Å²) in [5, 5.41) is 0. The van der Waals surface area contributed by atoms with Crippen LogP contribution >= 0.6 is 22.9 Å². The largest absolute Gasteiger partial charge is 0.271 e. The fraction of sp³-hybridized carbons (Fsp3) is 0.308. The Balaban J connectivity index is 2.10. The van der Waals surface area contributed by atoms with E-state index in [0.717, 1.165) is 27.7 Å². The first-order chi connectivity index (χ1) is 8.72. The van der Waals surface area contributed by atoms with Crippen molar-refractivity contribution in [2.24, 2.45) is 5.84 Å². The molecule has 0 spiro atoms. The molecule has 0 saturated heterocycles. The Morgan fingerprint density at radius 2 is 2.22 bits per heavy atom. The van der Waals surface area contributed by atoms with Gasteiger partial charge in [-0.15, -0.1) is 11.3 Å². The molecule has 0 radical (unpaired) electrons. The van der Waals surface area contributed by atoms with Crippen molar-refractivity contribution < 1.29 is 0 Å². The lowest BCUT2D eigenvalue weighted by molar-refractivity contribution is 0.554. The van der Waals surface area contributed by atoms with Crippen molar-refractivity contribution in [2.75, 3.05) is 0 Å². The normalized spacial score (nSPS) is 12.6. The number of nitrogens with one attached hydrogen (secondary N) is 1. The minimum absolute atomic E-state index is 0.0578. The molecule has 0 aromatic carbocycles. The van der Waals surface area contributed by atoms with Crippen LogP contribution in [0, 0.1) is 0 Å². The van der Waals surface area contributed by atoms with Crippen molar-refractivity contribution >= 4 is 22.9 Å². The van der Waals surface area contributed by atoms with Gasteiger partial charge in [0, 0.05) is 23.2 Å². The van der Waals surface area contributed by atoms with Crippen LogP contribution in [0.4, 0.5) is 0 Å². The van der Waals surface area contributed by atoms with Gasteiger partial charge < -0.3 is 0 Å². The van der Waals surface area contributed by atoms with E-state index in [4.69, 9.17) is 17.4 Å². The van der Waals surface area contributed by atoms with Crippen molar-refractivity contribution in [1.29, 1.82) is 0 Å². The molecule has 3 nitrogen and oxygen atoms in total. The summed E-state index contributed by atoms with van der Waals surface area (Å²) in [6.07, 6.45) is 3.69. The van der Waals surface area contributed by atoms with Gasteiger partial charge in [0.15, 0.2) is 0 Å². The third-order valence-electron chi connectivity index (χ3n) is 2.85. The molecule has 0 amide bonds. The average molecular weight is 282 g/mol. The van der Waals surface area contributed by atoms with E-state index < -0.39 is 0 Å². The van der Waals surface area contributed by atoms with Crippen molar-refractivity contribution in [1.82, 2.24) is 10.4 Å². The zero-order valence-electron chi connectivity index (χ0n) is 10.2. The molecular formula is C13H16ClN3S. The van der Waals surface area contributed by atoms with Crippen molar-refractivity contribution in [3.8, 4) is 0 Å². The topological polar surface area (TPSA) is 50.9 Å². The Morgan fingerprint density at radius 1 is 1.39 bits per heavy atom. The van der Waals surface area contributed by atoms with E-state index in [-0.39, 0.29) is 6.04 Å². The summed E-state index contributed by atoms with van der Waals surface area (Å²) in [5.41, 5.74) is 5.09. The predicted octanol–water partition coefficient (Wildman–Crippen LogP) is 3.11. The SMILES string of the molecule is CCc1ccc(CC(NN)c2ccc(Cl)s2)nc1. The summed E-state index contributed by atoms with van der Waals surface area (Å²) >= 11 is 7.48. The van der Waals surface area contributed by atoms with Crippen LogP contribution in [0.15, 0.2) is 30.5 Å². The third kappa shape index (κ3) is 3.29. The number of aromatic nitrogens is 1. The number of rotatable bonds is 5. The van der Waals surface area contributed by atoms with Crippen LogP contribution in [0.5, 0.6) is 0 Å². The van der Waals surface area contributed by atoms with Gasteiger partial charge in [-0.25, -0.2) is 0 Å². The fourth-order valence-electron chi connectivity index (χ4n) is 1.75. The van der Waals surface area contributed by atoms with E-state index in [0.29, 0.717) is 0 Å². The molecule has 96 valence electrons. The number of hydrazine groups is 1. The zero-order chi connectivity index (χ0) is 13.0. The highest BCUT2D eigenvalue weighted by molar-refractivity contribution is 7.16. The molecule has 2 aromatic rings. The summed E-state index contributed by atoms with van der Waals surface area (Å²) in [7, 11) is 0. The summed E-state index contributed by atoms with van der Waals surface area (Å²) in [5.74, 6) is 5.60.